The van der Waals surface area contributed by atoms with Crippen molar-refractivity contribution in [3.63, 3.8) is 0 Å². The minimum absolute atomic E-state index is 0.134. The van der Waals surface area contributed by atoms with E-state index in [1.54, 1.807) is 12.3 Å². The van der Waals surface area contributed by atoms with Gasteiger partial charge in [0.15, 0.2) is 11.7 Å². The van der Waals surface area contributed by atoms with Gasteiger partial charge in [-0.3, -0.25) is 19.3 Å². The van der Waals surface area contributed by atoms with Crippen LogP contribution in [-0.4, -0.2) is 40.0 Å². The van der Waals surface area contributed by atoms with Gasteiger partial charge in [-0.05, 0) is 29.3 Å². The highest BCUT2D eigenvalue weighted by Crippen LogP contribution is 2.32. The smallest absolute Gasteiger partial charge is 0.293 e. The second kappa shape index (κ2) is 9.76. The van der Waals surface area contributed by atoms with Crippen LogP contribution in [0.2, 0.25) is 0 Å². The third kappa shape index (κ3) is 5.31. The standard InChI is InChI=1S/C22H19N3O4S2/c26-19(8-9-20-24-14-17(29-20)15-5-2-1-3-6-15)23-10-11-25-21(27)18(31-22(25)28)13-16-7-4-12-30-16/h1-7,12-14H,8-11H2,(H,23,26)/b18-13-. The molecule has 1 aromatic carbocycles. The van der Waals surface area contributed by atoms with Gasteiger partial charge >= 0.3 is 0 Å². The molecule has 3 amide bonds. The first-order chi connectivity index (χ1) is 15.1. The van der Waals surface area contributed by atoms with Gasteiger partial charge in [0.2, 0.25) is 5.91 Å². The highest BCUT2D eigenvalue weighted by atomic mass is 32.2. The minimum Gasteiger partial charge on any atom is -0.441 e. The molecule has 1 fully saturated rings. The zero-order valence-electron chi connectivity index (χ0n) is 16.4. The lowest BCUT2D eigenvalue weighted by Crippen LogP contribution is -2.37. The van der Waals surface area contributed by atoms with Crippen molar-refractivity contribution in [3.05, 3.63) is 69.7 Å². The summed E-state index contributed by atoms with van der Waals surface area (Å²) in [5.74, 6) is 0.621. The summed E-state index contributed by atoms with van der Waals surface area (Å²) in [5, 5.41) is 4.32. The molecule has 2 aromatic heterocycles. The summed E-state index contributed by atoms with van der Waals surface area (Å²) >= 11 is 2.42. The van der Waals surface area contributed by atoms with E-state index in [1.807, 2.05) is 47.8 Å². The number of hydrogen-bond donors (Lipinski definition) is 1. The molecule has 0 atom stereocenters. The molecule has 0 unspecified atom stereocenters. The molecule has 4 rings (SSSR count). The molecule has 0 spiro atoms. The molecule has 0 aliphatic carbocycles. The number of rotatable bonds is 8. The van der Waals surface area contributed by atoms with E-state index in [1.165, 1.54) is 11.3 Å². The number of aryl methyl sites for hydroxylation is 1. The van der Waals surface area contributed by atoms with Gasteiger partial charge in [0, 0.05) is 36.4 Å². The van der Waals surface area contributed by atoms with E-state index in [4.69, 9.17) is 4.42 Å². The Morgan fingerprint density at radius 1 is 1.16 bits per heavy atom. The van der Waals surface area contributed by atoms with E-state index in [0.29, 0.717) is 23.0 Å². The van der Waals surface area contributed by atoms with E-state index in [0.717, 1.165) is 27.1 Å². The third-order valence-corrected chi connectivity index (χ3v) is 6.25. The van der Waals surface area contributed by atoms with Crippen LogP contribution in [0, 0.1) is 0 Å². The van der Waals surface area contributed by atoms with E-state index >= 15 is 0 Å². The number of nitrogens with one attached hydrogen (secondary N) is 1. The summed E-state index contributed by atoms with van der Waals surface area (Å²) < 4.78 is 5.69. The van der Waals surface area contributed by atoms with Gasteiger partial charge in [-0.2, -0.15) is 0 Å². The Hall–Kier alpha value is -3.17. The zero-order chi connectivity index (χ0) is 21.6. The molecule has 0 saturated carbocycles. The largest absolute Gasteiger partial charge is 0.441 e. The maximum absolute atomic E-state index is 12.4. The number of imide groups is 1. The first-order valence-corrected chi connectivity index (χ1v) is 11.4. The van der Waals surface area contributed by atoms with Crippen LogP contribution in [0.1, 0.15) is 17.2 Å². The number of amides is 3. The Balaban J connectivity index is 1.22. The first-order valence-electron chi connectivity index (χ1n) is 9.66. The molecule has 158 valence electrons. The van der Waals surface area contributed by atoms with Gasteiger partial charge in [0.1, 0.15) is 0 Å². The lowest BCUT2D eigenvalue weighted by Gasteiger charge is -2.12. The maximum atomic E-state index is 12.4. The number of aromatic nitrogens is 1. The molecule has 0 radical (unpaired) electrons. The number of hydrogen-bond acceptors (Lipinski definition) is 7. The van der Waals surface area contributed by atoms with E-state index in [9.17, 15) is 14.4 Å². The number of carbonyl (C=O) groups excluding carboxylic acids is 3. The van der Waals surface area contributed by atoms with Crippen molar-refractivity contribution in [3.8, 4) is 11.3 Å². The van der Waals surface area contributed by atoms with Crippen molar-refractivity contribution in [2.45, 2.75) is 12.8 Å². The van der Waals surface area contributed by atoms with Crippen LogP contribution in [-0.2, 0) is 16.0 Å². The van der Waals surface area contributed by atoms with Crippen molar-refractivity contribution in [2.75, 3.05) is 13.1 Å². The van der Waals surface area contributed by atoms with Crippen LogP contribution in [0.25, 0.3) is 17.4 Å². The van der Waals surface area contributed by atoms with Crippen LogP contribution in [0.4, 0.5) is 4.79 Å². The van der Waals surface area contributed by atoms with Gasteiger partial charge in [0.05, 0.1) is 11.1 Å². The molecule has 3 aromatic rings. The molecule has 1 N–H and O–H groups in total. The molecule has 1 aliphatic heterocycles. The van der Waals surface area contributed by atoms with Crippen LogP contribution < -0.4 is 5.32 Å². The van der Waals surface area contributed by atoms with Gasteiger partial charge in [-0.1, -0.05) is 36.4 Å². The second-order valence-electron chi connectivity index (χ2n) is 6.68. The Morgan fingerprint density at radius 2 is 2.00 bits per heavy atom. The Morgan fingerprint density at radius 3 is 2.77 bits per heavy atom. The fraction of sp³-hybridized carbons (Fsp3) is 0.182. The van der Waals surface area contributed by atoms with Crippen LogP contribution in [0.15, 0.2) is 63.4 Å². The summed E-state index contributed by atoms with van der Waals surface area (Å²) in [7, 11) is 0. The molecule has 1 saturated heterocycles. The Bertz CT molecular complexity index is 1110. The monoisotopic (exact) mass is 453 g/mol. The van der Waals surface area contributed by atoms with Crippen molar-refractivity contribution >= 4 is 46.2 Å². The zero-order valence-corrected chi connectivity index (χ0v) is 18.1. The summed E-state index contributed by atoms with van der Waals surface area (Å²) in [5.41, 5.74) is 0.927. The Labute approximate surface area is 187 Å². The molecule has 0 bridgehead atoms. The quantitative estimate of drug-likeness (QED) is 0.514. The van der Waals surface area contributed by atoms with Crippen molar-refractivity contribution in [1.29, 1.82) is 0 Å². The predicted octanol–water partition coefficient (Wildman–Crippen LogP) is 4.19. The molecular formula is C22H19N3O4S2. The van der Waals surface area contributed by atoms with Gasteiger partial charge in [-0.15, -0.1) is 11.3 Å². The van der Waals surface area contributed by atoms with E-state index < -0.39 is 0 Å². The van der Waals surface area contributed by atoms with Crippen molar-refractivity contribution < 1.29 is 18.8 Å². The fourth-order valence-electron chi connectivity index (χ4n) is 2.97. The molecule has 31 heavy (non-hydrogen) atoms. The number of carbonyl (C=O) groups is 3. The summed E-state index contributed by atoms with van der Waals surface area (Å²) in [4.78, 5) is 43.4. The number of oxazole rings is 1. The second-order valence-corrected chi connectivity index (χ2v) is 8.66. The van der Waals surface area contributed by atoms with Crippen LogP contribution >= 0.6 is 23.1 Å². The minimum atomic E-state index is -0.328. The van der Waals surface area contributed by atoms with Crippen molar-refractivity contribution in [1.82, 2.24) is 15.2 Å². The highest BCUT2D eigenvalue weighted by molar-refractivity contribution is 8.18. The molecule has 7 nitrogen and oxygen atoms in total. The molecule has 9 heteroatoms. The summed E-state index contributed by atoms with van der Waals surface area (Å²) in [6.45, 7) is 0.333. The maximum Gasteiger partial charge on any atom is 0.293 e. The third-order valence-electron chi connectivity index (χ3n) is 4.53. The van der Waals surface area contributed by atoms with Crippen LogP contribution in [0.5, 0.6) is 0 Å². The summed E-state index contributed by atoms with van der Waals surface area (Å²) in [6.07, 6.45) is 3.93. The molecule has 1 aliphatic rings. The normalized spacial score (nSPS) is 15.1. The Kier molecular flexibility index (Phi) is 6.63. The molecular weight excluding hydrogens is 434 g/mol. The van der Waals surface area contributed by atoms with Gasteiger partial charge < -0.3 is 9.73 Å². The number of benzene rings is 1. The van der Waals surface area contributed by atoms with Gasteiger partial charge in [0.25, 0.3) is 11.1 Å². The van der Waals surface area contributed by atoms with Gasteiger partial charge in [-0.25, -0.2) is 4.98 Å². The summed E-state index contributed by atoms with van der Waals surface area (Å²) in [6, 6.07) is 13.4. The lowest BCUT2D eigenvalue weighted by molar-refractivity contribution is -0.124. The van der Waals surface area contributed by atoms with Crippen LogP contribution in [0.3, 0.4) is 0 Å². The number of nitrogens with zero attached hydrogens (tertiary/aromatic N) is 2. The fourth-order valence-corrected chi connectivity index (χ4v) is 4.56. The predicted molar refractivity (Wildman–Crippen MR) is 120 cm³/mol. The molecule has 3 heterocycles. The van der Waals surface area contributed by atoms with E-state index in [2.05, 4.69) is 10.3 Å². The topological polar surface area (TPSA) is 92.5 Å². The average Bonchev–Trinajstić information content (AvgIpc) is 3.51. The number of thioether (sulfide) groups is 1. The lowest BCUT2D eigenvalue weighted by atomic mass is 10.2. The van der Waals surface area contributed by atoms with Crippen molar-refractivity contribution in [2.24, 2.45) is 0 Å². The highest BCUT2D eigenvalue weighted by Gasteiger charge is 2.34. The average molecular weight is 454 g/mol. The SMILES string of the molecule is O=C(CCc1ncc(-c2ccccc2)o1)NCCN1C(=O)S/C(=C\c2cccs2)C1=O. The number of thiophene rings is 1. The first kappa shape index (κ1) is 21.1. The van der Waals surface area contributed by atoms with E-state index in [-0.39, 0.29) is 36.6 Å².